The fourth-order valence-electron chi connectivity index (χ4n) is 3.35. The average Bonchev–Trinajstić information content (AvgIpc) is 2.79. The smallest absolute Gasteiger partial charge is 0.219 e. The molecule has 1 aliphatic rings. The fraction of sp³-hybridized carbons (Fsp3) is 0.273. The second kappa shape index (κ2) is 8.68. The molecule has 0 unspecified atom stereocenters. The predicted octanol–water partition coefficient (Wildman–Crippen LogP) is 2.82. The molecule has 4 rings (SSSR count). The lowest BCUT2D eigenvalue weighted by molar-refractivity contribution is -0.129. The van der Waals surface area contributed by atoms with Crippen LogP contribution in [-0.2, 0) is 11.3 Å². The lowest BCUT2D eigenvalue weighted by Gasteiger charge is -2.35. The van der Waals surface area contributed by atoms with Gasteiger partial charge in [-0.25, -0.2) is 9.97 Å². The second-order valence-corrected chi connectivity index (χ2v) is 7.01. The highest BCUT2D eigenvalue weighted by Gasteiger charge is 2.21. The number of carbonyl (C=O) groups is 1. The number of pyridine rings is 1. The van der Waals surface area contributed by atoms with Crippen molar-refractivity contribution in [3.05, 3.63) is 66.5 Å². The van der Waals surface area contributed by atoms with Gasteiger partial charge in [0.25, 0.3) is 0 Å². The molecule has 0 aliphatic carbocycles. The highest BCUT2D eigenvalue weighted by Crippen LogP contribution is 2.23. The van der Waals surface area contributed by atoms with E-state index in [1.807, 2.05) is 59.6 Å². The van der Waals surface area contributed by atoms with Gasteiger partial charge in [0.1, 0.15) is 11.6 Å². The standard InChI is InChI=1S/C22H24N6O/c1-17(29)27-10-12-28(13-11-27)21-14-20(24-16-18-6-5-9-23-15-18)25-22(26-21)19-7-3-2-4-8-19/h2-9,14-15H,10-13,16H2,1H3,(H,24,25,26). The lowest BCUT2D eigenvalue weighted by Crippen LogP contribution is -2.48. The van der Waals surface area contributed by atoms with Gasteiger partial charge in [-0.15, -0.1) is 0 Å². The van der Waals surface area contributed by atoms with Crippen LogP contribution in [0.5, 0.6) is 0 Å². The number of nitrogens with one attached hydrogen (secondary N) is 1. The second-order valence-electron chi connectivity index (χ2n) is 7.01. The van der Waals surface area contributed by atoms with Crippen molar-refractivity contribution >= 4 is 17.5 Å². The minimum Gasteiger partial charge on any atom is -0.366 e. The number of aromatic nitrogens is 3. The van der Waals surface area contributed by atoms with Crippen LogP contribution in [0.15, 0.2) is 60.9 Å². The first-order valence-electron chi connectivity index (χ1n) is 9.77. The first-order chi connectivity index (χ1) is 14.2. The molecule has 1 aromatic carbocycles. The number of nitrogens with zero attached hydrogens (tertiary/aromatic N) is 5. The zero-order chi connectivity index (χ0) is 20.1. The van der Waals surface area contributed by atoms with Crippen LogP contribution < -0.4 is 10.2 Å². The molecular formula is C22H24N6O. The van der Waals surface area contributed by atoms with Crippen LogP contribution in [0.4, 0.5) is 11.6 Å². The maximum absolute atomic E-state index is 11.6. The van der Waals surface area contributed by atoms with Gasteiger partial charge in [0, 0.05) is 63.7 Å². The molecule has 1 N–H and O–H groups in total. The normalized spacial score (nSPS) is 14.0. The summed E-state index contributed by atoms with van der Waals surface area (Å²) in [6.45, 7) is 5.18. The first kappa shape index (κ1) is 18.9. The van der Waals surface area contributed by atoms with E-state index in [0.29, 0.717) is 25.5 Å². The van der Waals surface area contributed by atoms with E-state index in [1.54, 1.807) is 13.1 Å². The summed E-state index contributed by atoms with van der Waals surface area (Å²) in [6, 6.07) is 15.9. The predicted molar refractivity (Wildman–Crippen MR) is 113 cm³/mol. The summed E-state index contributed by atoms with van der Waals surface area (Å²) in [6.07, 6.45) is 3.61. The molecule has 3 aromatic rings. The quantitative estimate of drug-likeness (QED) is 0.725. The Morgan fingerprint density at radius 3 is 2.52 bits per heavy atom. The molecule has 7 heteroatoms. The fourth-order valence-corrected chi connectivity index (χ4v) is 3.35. The molecular weight excluding hydrogens is 364 g/mol. The Morgan fingerprint density at radius 1 is 1.03 bits per heavy atom. The van der Waals surface area contributed by atoms with Gasteiger partial charge in [-0.1, -0.05) is 36.4 Å². The van der Waals surface area contributed by atoms with E-state index in [-0.39, 0.29) is 5.91 Å². The summed E-state index contributed by atoms with van der Waals surface area (Å²) in [7, 11) is 0. The summed E-state index contributed by atoms with van der Waals surface area (Å²) in [4.78, 5) is 29.4. The highest BCUT2D eigenvalue weighted by atomic mass is 16.2. The highest BCUT2D eigenvalue weighted by molar-refractivity contribution is 5.73. The Hall–Kier alpha value is -3.48. The van der Waals surface area contributed by atoms with Crippen molar-refractivity contribution < 1.29 is 4.79 Å². The van der Waals surface area contributed by atoms with Gasteiger partial charge in [0.15, 0.2) is 5.82 Å². The van der Waals surface area contributed by atoms with Gasteiger partial charge < -0.3 is 15.1 Å². The maximum atomic E-state index is 11.6. The molecule has 0 radical (unpaired) electrons. The Kier molecular flexibility index (Phi) is 5.65. The first-order valence-corrected chi connectivity index (χ1v) is 9.77. The van der Waals surface area contributed by atoms with E-state index in [2.05, 4.69) is 15.2 Å². The van der Waals surface area contributed by atoms with Gasteiger partial charge >= 0.3 is 0 Å². The number of carbonyl (C=O) groups excluding carboxylic acids is 1. The minimum absolute atomic E-state index is 0.121. The van der Waals surface area contributed by atoms with E-state index in [9.17, 15) is 4.79 Å². The Balaban J connectivity index is 1.59. The van der Waals surface area contributed by atoms with Crippen LogP contribution in [0.25, 0.3) is 11.4 Å². The molecule has 2 aromatic heterocycles. The SMILES string of the molecule is CC(=O)N1CCN(c2cc(NCc3cccnc3)nc(-c3ccccc3)n2)CC1. The van der Waals surface area contributed by atoms with Crippen molar-refractivity contribution in [1.82, 2.24) is 19.9 Å². The molecule has 1 fully saturated rings. The average molecular weight is 388 g/mol. The number of anilines is 2. The lowest BCUT2D eigenvalue weighted by atomic mass is 10.2. The van der Waals surface area contributed by atoms with E-state index in [0.717, 1.165) is 35.9 Å². The van der Waals surface area contributed by atoms with Gasteiger partial charge in [0.05, 0.1) is 0 Å². The molecule has 3 heterocycles. The molecule has 148 valence electrons. The van der Waals surface area contributed by atoms with Crippen molar-refractivity contribution in [2.45, 2.75) is 13.5 Å². The van der Waals surface area contributed by atoms with E-state index < -0.39 is 0 Å². The van der Waals surface area contributed by atoms with E-state index >= 15 is 0 Å². The Bertz CT molecular complexity index is 956. The van der Waals surface area contributed by atoms with Crippen LogP contribution in [-0.4, -0.2) is 51.9 Å². The van der Waals surface area contributed by atoms with Gasteiger partial charge in [0.2, 0.25) is 5.91 Å². The molecule has 1 amide bonds. The number of benzene rings is 1. The molecule has 7 nitrogen and oxygen atoms in total. The third-order valence-electron chi connectivity index (χ3n) is 4.99. The van der Waals surface area contributed by atoms with Crippen LogP contribution in [0.1, 0.15) is 12.5 Å². The third kappa shape index (κ3) is 4.68. The Labute approximate surface area is 170 Å². The zero-order valence-corrected chi connectivity index (χ0v) is 16.5. The van der Waals surface area contributed by atoms with E-state index in [1.165, 1.54) is 0 Å². The number of amides is 1. The monoisotopic (exact) mass is 388 g/mol. The van der Waals surface area contributed by atoms with Crippen molar-refractivity contribution in [2.75, 3.05) is 36.4 Å². The summed E-state index contributed by atoms with van der Waals surface area (Å²) in [5.74, 6) is 2.45. The number of hydrogen-bond acceptors (Lipinski definition) is 6. The van der Waals surface area contributed by atoms with Crippen molar-refractivity contribution in [3.8, 4) is 11.4 Å². The molecule has 0 spiro atoms. The van der Waals surface area contributed by atoms with Crippen LogP contribution >= 0.6 is 0 Å². The van der Waals surface area contributed by atoms with Crippen molar-refractivity contribution in [2.24, 2.45) is 0 Å². The van der Waals surface area contributed by atoms with Crippen molar-refractivity contribution in [1.29, 1.82) is 0 Å². The number of rotatable bonds is 5. The van der Waals surface area contributed by atoms with Gasteiger partial charge in [-0.2, -0.15) is 0 Å². The summed E-state index contributed by atoms with van der Waals surface area (Å²) >= 11 is 0. The molecule has 1 aliphatic heterocycles. The zero-order valence-electron chi connectivity index (χ0n) is 16.5. The minimum atomic E-state index is 0.121. The molecule has 0 saturated carbocycles. The largest absolute Gasteiger partial charge is 0.366 e. The van der Waals surface area contributed by atoms with E-state index in [4.69, 9.17) is 9.97 Å². The number of hydrogen-bond donors (Lipinski definition) is 1. The van der Waals surface area contributed by atoms with Crippen LogP contribution in [0.2, 0.25) is 0 Å². The van der Waals surface area contributed by atoms with Gasteiger partial charge in [-0.3, -0.25) is 9.78 Å². The summed E-state index contributed by atoms with van der Waals surface area (Å²) in [5, 5.41) is 3.40. The topological polar surface area (TPSA) is 74.2 Å². The molecule has 29 heavy (non-hydrogen) atoms. The van der Waals surface area contributed by atoms with Crippen LogP contribution in [0.3, 0.4) is 0 Å². The summed E-state index contributed by atoms with van der Waals surface area (Å²) in [5.41, 5.74) is 2.06. The molecule has 0 atom stereocenters. The number of piperazine rings is 1. The molecule has 1 saturated heterocycles. The summed E-state index contributed by atoms with van der Waals surface area (Å²) < 4.78 is 0. The maximum Gasteiger partial charge on any atom is 0.219 e. The Morgan fingerprint density at radius 2 is 1.83 bits per heavy atom. The molecule has 0 bridgehead atoms. The van der Waals surface area contributed by atoms with Crippen LogP contribution in [0, 0.1) is 0 Å². The third-order valence-corrected chi connectivity index (χ3v) is 4.99. The van der Waals surface area contributed by atoms with Crippen molar-refractivity contribution in [3.63, 3.8) is 0 Å². The van der Waals surface area contributed by atoms with Gasteiger partial charge in [-0.05, 0) is 11.6 Å².